The number of hydrogen-bond donors (Lipinski definition) is 0. The molecule has 0 spiro atoms. The summed E-state index contributed by atoms with van der Waals surface area (Å²) in [5, 5.41) is 0. The van der Waals surface area contributed by atoms with Crippen molar-refractivity contribution in [3.63, 3.8) is 0 Å². The summed E-state index contributed by atoms with van der Waals surface area (Å²) in [5.41, 5.74) is 6.25. The van der Waals surface area contributed by atoms with Gasteiger partial charge in [0.25, 0.3) is 0 Å². The molecule has 3 aromatic rings. The van der Waals surface area contributed by atoms with E-state index in [0.717, 1.165) is 0 Å². The Kier molecular flexibility index (Phi) is 6.28. The van der Waals surface area contributed by atoms with Crippen LogP contribution >= 0.6 is 0 Å². The smallest absolute Gasteiger partial charge is 1.00 e. The fraction of sp³-hybridized carbons (Fsp3) is 0.100. The van der Waals surface area contributed by atoms with Crippen LogP contribution < -0.4 is 25.6 Å². The molecule has 0 atom stereocenters. The molecule has 0 bridgehead atoms. The Balaban J connectivity index is 0.00000192. The van der Waals surface area contributed by atoms with Crippen LogP contribution in [-0.4, -0.2) is 21.7 Å². The van der Waals surface area contributed by atoms with Gasteiger partial charge in [-0.1, -0.05) is 0 Å². The molecule has 0 aliphatic rings. The zero-order valence-electron chi connectivity index (χ0n) is 13.5. The molecule has 3 rings (SSSR count). The maximum atomic E-state index is 2.31. The molecule has 0 aliphatic carbocycles. The SMILES string of the molecule is Cc1cc(N(c2ccccc2)c2ccccc2)cc(C)[c]1[Mg+].[Br-]. The number of benzene rings is 3. The van der Waals surface area contributed by atoms with Gasteiger partial charge in [0.2, 0.25) is 0 Å². The predicted octanol–water partition coefficient (Wildman–Crippen LogP) is 1.57. The molecule has 3 heteroatoms. The Morgan fingerprint density at radius 1 is 0.652 bits per heavy atom. The van der Waals surface area contributed by atoms with Crippen molar-refractivity contribution < 1.29 is 17.0 Å². The molecule has 0 heterocycles. The van der Waals surface area contributed by atoms with E-state index in [1.807, 2.05) is 21.7 Å². The van der Waals surface area contributed by atoms with Gasteiger partial charge in [-0.3, -0.25) is 0 Å². The van der Waals surface area contributed by atoms with Gasteiger partial charge in [-0.05, 0) is 0 Å². The Hall–Kier alpha value is -1.29. The molecule has 0 saturated carbocycles. The molecule has 0 unspecified atom stereocenters. The number of halogens is 1. The van der Waals surface area contributed by atoms with E-state index < -0.39 is 0 Å². The molecule has 0 N–H and O–H groups in total. The van der Waals surface area contributed by atoms with Crippen molar-refractivity contribution in [2.75, 3.05) is 4.90 Å². The molecule has 0 aliphatic heterocycles. The Bertz CT molecular complexity index is 710. The quantitative estimate of drug-likeness (QED) is 0.627. The van der Waals surface area contributed by atoms with Gasteiger partial charge in [-0.15, -0.1) is 0 Å². The fourth-order valence-corrected chi connectivity index (χ4v) is 2.91. The van der Waals surface area contributed by atoms with Crippen molar-refractivity contribution in [3.8, 4) is 0 Å². The molecule has 112 valence electrons. The van der Waals surface area contributed by atoms with Crippen LogP contribution in [0.4, 0.5) is 17.1 Å². The van der Waals surface area contributed by atoms with Crippen molar-refractivity contribution in [1.29, 1.82) is 0 Å². The first kappa shape index (κ1) is 18.1. The van der Waals surface area contributed by atoms with E-state index in [-0.39, 0.29) is 17.0 Å². The average Bonchev–Trinajstić information content (AvgIpc) is 2.55. The minimum atomic E-state index is 0. The molecule has 0 fully saturated rings. The molecule has 23 heavy (non-hydrogen) atoms. The third-order valence-electron chi connectivity index (χ3n) is 3.97. The Morgan fingerprint density at radius 3 is 1.43 bits per heavy atom. The van der Waals surface area contributed by atoms with Gasteiger partial charge in [-0.2, -0.15) is 0 Å². The second kappa shape index (κ2) is 8.00. The van der Waals surface area contributed by atoms with Gasteiger partial charge < -0.3 is 17.0 Å². The van der Waals surface area contributed by atoms with E-state index in [1.54, 1.807) is 0 Å². The number of aryl methyl sites for hydroxylation is 2. The van der Waals surface area contributed by atoms with Gasteiger partial charge in [0, 0.05) is 0 Å². The van der Waals surface area contributed by atoms with Gasteiger partial charge in [-0.25, -0.2) is 0 Å². The van der Waals surface area contributed by atoms with Crippen LogP contribution in [0.15, 0.2) is 72.8 Å². The number of para-hydroxylation sites is 2. The summed E-state index contributed by atoms with van der Waals surface area (Å²) in [6.07, 6.45) is 0. The summed E-state index contributed by atoms with van der Waals surface area (Å²) in [4.78, 5) is 2.31. The monoisotopic (exact) mass is 375 g/mol. The third-order valence-corrected chi connectivity index (χ3v) is 5.08. The van der Waals surface area contributed by atoms with E-state index in [2.05, 4.69) is 91.5 Å². The van der Waals surface area contributed by atoms with E-state index in [0.29, 0.717) is 0 Å². The zero-order valence-corrected chi connectivity index (χ0v) is 16.5. The van der Waals surface area contributed by atoms with E-state index in [4.69, 9.17) is 0 Å². The summed E-state index contributed by atoms with van der Waals surface area (Å²) in [5.74, 6) is 0. The molecule has 0 radical (unpaired) electrons. The molecule has 0 aromatic heterocycles. The summed E-state index contributed by atoms with van der Waals surface area (Å²) in [6.45, 7) is 4.38. The topological polar surface area (TPSA) is 3.24 Å². The summed E-state index contributed by atoms with van der Waals surface area (Å²) in [7, 11) is 0. The Morgan fingerprint density at radius 2 is 1.04 bits per heavy atom. The normalized spacial score (nSPS) is 10.1. The molecule has 0 saturated heterocycles. The predicted molar refractivity (Wildman–Crippen MR) is 96.0 cm³/mol. The average molecular weight is 377 g/mol. The van der Waals surface area contributed by atoms with Crippen LogP contribution in [-0.2, 0) is 0 Å². The Labute approximate surface area is 161 Å². The first-order valence-electron chi connectivity index (χ1n) is 7.50. The van der Waals surface area contributed by atoms with Crippen LogP contribution in [0.2, 0.25) is 0 Å². The fourth-order valence-electron chi connectivity index (χ4n) is 2.70. The molecule has 1 nitrogen and oxygen atoms in total. The second-order valence-corrected chi connectivity index (χ2v) is 6.27. The largest absolute Gasteiger partial charge is 1.00 e. The first-order chi connectivity index (χ1) is 10.7. The van der Waals surface area contributed by atoms with Gasteiger partial charge in [0.05, 0.1) is 0 Å². The number of nitrogens with zero attached hydrogens (tertiary/aromatic N) is 1. The second-order valence-electron chi connectivity index (χ2n) is 5.56. The molecular formula is C20H18BrMgN. The number of hydrogen-bond acceptors (Lipinski definition) is 1. The van der Waals surface area contributed by atoms with Crippen molar-refractivity contribution in [2.24, 2.45) is 0 Å². The van der Waals surface area contributed by atoms with E-state index in [9.17, 15) is 0 Å². The molecule has 0 amide bonds. The van der Waals surface area contributed by atoms with Crippen LogP contribution in [0.3, 0.4) is 0 Å². The van der Waals surface area contributed by atoms with Gasteiger partial charge in [0.1, 0.15) is 0 Å². The standard InChI is InChI=1S/C20H18N.BrH.Mg/c1-16-13-17(2)15-20(14-16)21(18-9-5-3-6-10-18)19-11-7-4-8-12-19;;/h3-12,14-15H,1-2H3;1H;/q;;+1/p-1. The molecule has 3 aromatic carbocycles. The minimum Gasteiger partial charge on any atom is -1.00 e. The maximum Gasteiger partial charge on any atom is -1.00 e. The minimum absolute atomic E-state index is 0. The van der Waals surface area contributed by atoms with Crippen LogP contribution in [0.1, 0.15) is 11.1 Å². The van der Waals surface area contributed by atoms with E-state index >= 15 is 0 Å². The zero-order chi connectivity index (χ0) is 15.5. The van der Waals surface area contributed by atoms with Gasteiger partial charge in [0.15, 0.2) is 0 Å². The van der Waals surface area contributed by atoms with Crippen LogP contribution in [0.25, 0.3) is 0 Å². The third kappa shape index (κ3) is 3.97. The number of rotatable bonds is 3. The van der Waals surface area contributed by atoms with Crippen LogP contribution in [0.5, 0.6) is 0 Å². The van der Waals surface area contributed by atoms with E-state index in [1.165, 1.54) is 31.9 Å². The van der Waals surface area contributed by atoms with Crippen molar-refractivity contribution in [2.45, 2.75) is 13.8 Å². The number of anilines is 3. The summed E-state index contributed by atoms with van der Waals surface area (Å²) >= 11 is 1.97. The molecular weight excluding hydrogens is 358 g/mol. The van der Waals surface area contributed by atoms with Crippen molar-refractivity contribution in [1.82, 2.24) is 0 Å². The maximum absolute atomic E-state index is 2.31. The van der Waals surface area contributed by atoms with Crippen LogP contribution in [0, 0.1) is 13.8 Å². The van der Waals surface area contributed by atoms with Crippen molar-refractivity contribution in [3.05, 3.63) is 83.9 Å². The van der Waals surface area contributed by atoms with Crippen molar-refractivity contribution >= 4 is 42.5 Å². The summed E-state index contributed by atoms with van der Waals surface area (Å²) < 4.78 is 1.39. The van der Waals surface area contributed by atoms with Gasteiger partial charge >= 0.3 is 145 Å². The summed E-state index contributed by atoms with van der Waals surface area (Å²) in [6, 6.07) is 25.6. The first-order valence-corrected chi connectivity index (χ1v) is 8.21.